The Morgan fingerprint density at radius 1 is 1.03 bits per heavy atom. The minimum Gasteiger partial charge on any atom is -0.264 e. The molecule has 1 radical (unpaired) electrons. The summed E-state index contributed by atoms with van der Waals surface area (Å²) in [7, 11) is 0. The van der Waals surface area contributed by atoms with E-state index in [-0.39, 0.29) is 25.9 Å². The van der Waals surface area contributed by atoms with Crippen LogP contribution in [0.2, 0.25) is 0 Å². The van der Waals surface area contributed by atoms with Gasteiger partial charge in [-0.2, -0.15) is 28.7 Å². The predicted octanol–water partition coefficient (Wildman–Crippen LogP) is 4.89. The van der Waals surface area contributed by atoms with Gasteiger partial charge in [0.1, 0.15) is 11.7 Å². The number of nitrogens with zero attached hydrogens (tertiary/aromatic N) is 6. The van der Waals surface area contributed by atoms with Crippen molar-refractivity contribution < 1.29 is 20.1 Å². The van der Waals surface area contributed by atoms with Crippen molar-refractivity contribution in [3.63, 3.8) is 0 Å². The number of aryl methyl sites for hydroxylation is 2. The van der Waals surface area contributed by atoms with Crippen LogP contribution in [-0.4, -0.2) is 24.7 Å². The van der Waals surface area contributed by atoms with E-state index in [1.807, 2.05) is 44.2 Å². The molecule has 0 N–H and O–H groups in total. The summed E-state index contributed by atoms with van der Waals surface area (Å²) >= 11 is 1.51. The van der Waals surface area contributed by atoms with Gasteiger partial charge in [-0.1, -0.05) is 30.3 Å². The number of pyridine rings is 1. The zero-order chi connectivity index (χ0) is 20.7. The van der Waals surface area contributed by atoms with Crippen molar-refractivity contribution in [2.24, 2.45) is 0 Å². The Morgan fingerprint density at radius 2 is 1.77 bits per heavy atom. The number of hydrogen-bond donors (Lipinski definition) is 0. The maximum absolute atomic E-state index is 9.41. The molecule has 0 aliphatic heterocycles. The molecule has 0 amide bonds. The van der Waals surface area contributed by atoms with Crippen molar-refractivity contribution in [1.29, 1.82) is 5.26 Å². The Kier molecular flexibility index (Phi) is 5.75. The summed E-state index contributed by atoms with van der Waals surface area (Å²) < 4.78 is 2.64. The van der Waals surface area contributed by atoms with E-state index in [9.17, 15) is 5.26 Å². The van der Waals surface area contributed by atoms with E-state index in [2.05, 4.69) is 50.4 Å². The van der Waals surface area contributed by atoms with Crippen molar-refractivity contribution >= 4 is 21.7 Å². The van der Waals surface area contributed by atoms with E-state index in [4.69, 9.17) is 0 Å². The van der Waals surface area contributed by atoms with E-state index < -0.39 is 0 Å². The molecular formula is C23H15IrN6S-. The standard InChI is InChI=1S/C23H15N6S.Ir/c1-14-10-17(16-6-4-3-5-7-16)11-15(2)21(14)29-23(27-20(12-24)28-29)18-8-9-19-22(26-18)25-13-30-19;/h3-7,9-11,13H,1-2H3;/q-1;. The minimum atomic E-state index is 0. The van der Waals surface area contributed by atoms with Gasteiger partial charge in [0.25, 0.3) is 0 Å². The molecule has 0 saturated heterocycles. The van der Waals surface area contributed by atoms with Crippen LogP contribution in [-0.2, 0) is 20.1 Å². The van der Waals surface area contributed by atoms with E-state index in [0.717, 1.165) is 32.6 Å². The number of aromatic nitrogens is 5. The molecule has 3 heterocycles. The van der Waals surface area contributed by atoms with Crippen molar-refractivity contribution in [3.8, 4) is 34.4 Å². The maximum Gasteiger partial charge on any atom is 0.239 e. The van der Waals surface area contributed by atoms with E-state index in [0.29, 0.717) is 17.2 Å². The van der Waals surface area contributed by atoms with Gasteiger partial charge >= 0.3 is 0 Å². The Hall–Kier alpha value is -3.24. The van der Waals surface area contributed by atoms with Crippen LogP contribution in [0.1, 0.15) is 17.0 Å². The minimum absolute atomic E-state index is 0. The van der Waals surface area contributed by atoms with Crippen LogP contribution in [0.3, 0.4) is 0 Å². The van der Waals surface area contributed by atoms with Crippen LogP contribution >= 0.6 is 11.3 Å². The van der Waals surface area contributed by atoms with Gasteiger partial charge in [0.15, 0.2) is 0 Å². The summed E-state index contributed by atoms with van der Waals surface area (Å²) in [5.74, 6) is 0.560. The zero-order valence-electron chi connectivity index (χ0n) is 16.6. The van der Waals surface area contributed by atoms with Crippen molar-refractivity contribution in [2.75, 3.05) is 0 Å². The van der Waals surface area contributed by atoms with Crippen molar-refractivity contribution in [1.82, 2.24) is 24.7 Å². The molecular weight excluding hydrogens is 585 g/mol. The summed E-state index contributed by atoms with van der Waals surface area (Å²) in [5, 5.41) is 13.8. The molecule has 0 aliphatic rings. The number of rotatable bonds is 3. The summed E-state index contributed by atoms with van der Waals surface area (Å²) in [6.45, 7) is 4.07. The molecule has 2 aromatic carbocycles. The van der Waals surface area contributed by atoms with Gasteiger partial charge in [-0.05, 0) is 58.6 Å². The Labute approximate surface area is 196 Å². The predicted molar refractivity (Wildman–Crippen MR) is 116 cm³/mol. The number of fused-ring (bicyclic) bond motifs is 1. The SMILES string of the molecule is Cc1cc(-c2ccccc2)cc(C)c1-n1nc(C#N)nc1-c1[c-]cc2scnc2n1.[Ir]. The molecule has 5 aromatic rings. The molecule has 0 spiro atoms. The molecule has 31 heavy (non-hydrogen) atoms. The van der Waals surface area contributed by atoms with Gasteiger partial charge < -0.3 is 0 Å². The molecule has 0 bridgehead atoms. The third-order valence-electron chi connectivity index (χ3n) is 4.86. The fourth-order valence-corrected chi connectivity index (χ4v) is 4.17. The van der Waals surface area contributed by atoms with Crippen LogP contribution in [0.15, 0.2) is 54.0 Å². The number of nitriles is 1. The molecule has 0 fully saturated rings. The summed E-state index contributed by atoms with van der Waals surface area (Å²) in [4.78, 5) is 13.3. The van der Waals surface area contributed by atoms with Crippen molar-refractivity contribution in [3.05, 3.63) is 77.1 Å². The van der Waals surface area contributed by atoms with Crippen molar-refractivity contribution in [2.45, 2.75) is 13.8 Å². The number of benzene rings is 2. The quantitative estimate of drug-likeness (QED) is 0.276. The van der Waals surface area contributed by atoms with E-state index in [1.54, 1.807) is 10.2 Å². The molecule has 153 valence electrons. The molecule has 5 rings (SSSR count). The van der Waals surface area contributed by atoms with Gasteiger partial charge in [-0.25, -0.2) is 4.98 Å². The first-order valence-corrected chi connectivity index (χ1v) is 10.2. The largest absolute Gasteiger partial charge is 0.264 e. The molecule has 3 aromatic heterocycles. The first-order chi connectivity index (χ1) is 14.6. The first-order valence-electron chi connectivity index (χ1n) is 9.30. The van der Waals surface area contributed by atoms with Crippen LogP contribution in [0.4, 0.5) is 0 Å². The normalized spacial score (nSPS) is 10.6. The van der Waals surface area contributed by atoms with Gasteiger partial charge in [-0.3, -0.25) is 14.6 Å². The van der Waals surface area contributed by atoms with Gasteiger partial charge in [0.05, 0.1) is 17.0 Å². The van der Waals surface area contributed by atoms with Crippen LogP contribution < -0.4 is 0 Å². The summed E-state index contributed by atoms with van der Waals surface area (Å²) in [6, 6.07) is 21.5. The maximum atomic E-state index is 9.41. The fraction of sp³-hybridized carbons (Fsp3) is 0.0870. The zero-order valence-corrected chi connectivity index (χ0v) is 19.8. The van der Waals surface area contributed by atoms with Crippen LogP contribution in [0.25, 0.3) is 38.7 Å². The molecule has 0 atom stereocenters. The first kappa shape index (κ1) is 21.0. The average Bonchev–Trinajstić information content (AvgIpc) is 3.40. The molecule has 0 unspecified atom stereocenters. The number of hydrogen-bond acceptors (Lipinski definition) is 6. The Balaban J connectivity index is 0.00000231. The van der Waals surface area contributed by atoms with Gasteiger partial charge in [0.2, 0.25) is 5.82 Å². The summed E-state index contributed by atoms with van der Waals surface area (Å²) in [6.07, 6.45) is 0. The monoisotopic (exact) mass is 600 g/mol. The third-order valence-corrected chi connectivity index (χ3v) is 5.63. The van der Waals surface area contributed by atoms with Crippen LogP contribution in [0.5, 0.6) is 0 Å². The Morgan fingerprint density at radius 3 is 2.48 bits per heavy atom. The topological polar surface area (TPSA) is 80.3 Å². The second kappa shape index (κ2) is 8.48. The average molecular weight is 600 g/mol. The van der Waals surface area contributed by atoms with E-state index in [1.165, 1.54) is 11.3 Å². The Bertz CT molecular complexity index is 1410. The summed E-state index contributed by atoms with van der Waals surface area (Å²) in [5.41, 5.74) is 8.10. The molecule has 6 nitrogen and oxygen atoms in total. The third kappa shape index (κ3) is 3.79. The second-order valence-electron chi connectivity index (χ2n) is 6.90. The van der Waals surface area contributed by atoms with Crippen LogP contribution in [0, 0.1) is 31.2 Å². The smallest absolute Gasteiger partial charge is 0.239 e. The van der Waals surface area contributed by atoms with Gasteiger partial charge in [-0.15, -0.1) is 5.10 Å². The second-order valence-corrected chi connectivity index (χ2v) is 7.78. The molecule has 8 heteroatoms. The van der Waals surface area contributed by atoms with E-state index >= 15 is 0 Å². The van der Waals surface area contributed by atoms with Gasteiger partial charge in [0, 0.05) is 20.1 Å². The number of thiazole rings is 1. The fourth-order valence-electron chi connectivity index (χ4n) is 3.57. The molecule has 0 saturated carbocycles. The molecule has 0 aliphatic carbocycles.